The molecular formula is C22H24N4O7S2. The predicted octanol–water partition coefficient (Wildman–Crippen LogP) is 2.19. The Morgan fingerprint density at radius 3 is 2.34 bits per heavy atom. The number of ether oxygens (including phenoxy) is 1. The Morgan fingerprint density at radius 1 is 1.03 bits per heavy atom. The van der Waals surface area contributed by atoms with Crippen LogP contribution in [0.4, 0.5) is 6.01 Å². The van der Waals surface area contributed by atoms with Gasteiger partial charge < -0.3 is 9.15 Å². The maximum Gasteiger partial charge on any atom is 0.322 e. The van der Waals surface area contributed by atoms with Crippen molar-refractivity contribution in [2.75, 3.05) is 31.8 Å². The van der Waals surface area contributed by atoms with Crippen molar-refractivity contribution in [3.8, 4) is 17.2 Å². The predicted molar refractivity (Wildman–Crippen MR) is 126 cm³/mol. The number of piperidine rings is 1. The van der Waals surface area contributed by atoms with Crippen LogP contribution in [-0.4, -0.2) is 63.7 Å². The summed E-state index contributed by atoms with van der Waals surface area (Å²) in [6.45, 7) is 0.389. The van der Waals surface area contributed by atoms with Crippen molar-refractivity contribution < 1.29 is 30.8 Å². The molecule has 1 fully saturated rings. The van der Waals surface area contributed by atoms with E-state index in [2.05, 4.69) is 15.5 Å². The van der Waals surface area contributed by atoms with E-state index in [-0.39, 0.29) is 40.7 Å². The van der Waals surface area contributed by atoms with E-state index in [1.807, 2.05) is 0 Å². The van der Waals surface area contributed by atoms with E-state index in [1.165, 1.54) is 35.7 Å². The van der Waals surface area contributed by atoms with E-state index in [4.69, 9.17) is 9.15 Å². The summed E-state index contributed by atoms with van der Waals surface area (Å²) in [7, 11) is -5.58. The number of amides is 1. The van der Waals surface area contributed by atoms with E-state index in [0.29, 0.717) is 24.2 Å². The van der Waals surface area contributed by atoms with Crippen molar-refractivity contribution in [3.63, 3.8) is 0 Å². The number of methoxy groups -OCH3 is 1. The first-order valence-corrected chi connectivity index (χ1v) is 14.0. The molecule has 0 aliphatic carbocycles. The van der Waals surface area contributed by atoms with Crippen LogP contribution in [0.3, 0.4) is 0 Å². The van der Waals surface area contributed by atoms with Gasteiger partial charge in [-0.2, -0.15) is 4.31 Å². The minimum atomic E-state index is -3.67. The first-order chi connectivity index (χ1) is 16.6. The van der Waals surface area contributed by atoms with Gasteiger partial charge in [0.05, 0.1) is 16.9 Å². The third-order valence-corrected chi connectivity index (χ3v) is 8.71. The zero-order valence-electron chi connectivity index (χ0n) is 19.0. The molecule has 1 aliphatic heterocycles. The van der Waals surface area contributed by atoms with Crippen LogP contribution < -0.4 is 10.1 Å². The third kappa shape index (κ3) is 5.52. The molecule has 0 saturated carbocycles. The largest absolute Gasteiger partial charge is 0.497 e. The van der Waals surface area contributed by atoms with Gasteiger partial charge in [0.1, 0.15) is 5.75 Å². The second-order valence-corrected chi connectivity index (χ2v) is 12.0. The van der Waals surface area contributed by atoms with Crippen molar-refractivity contribution in [3.05, 3.63) is 48.5 Å². The Morgan fingerprint density at radius 2 is 1.71 bits per heavy atom. The lowest BCUT2D eigenvalue weighted by Gasteiger charge is -2.30. The number of rotatable bonds is 7. The summed E-state index contributed by atoms with van der Waals surface area (Å²) < 4.78 is 61.2. The van der Waals surface area contributed by atoms with Gasteiger partial charge in [-0.05, 0) is 55.3 Å². The minimum absolute atomic E-state index is 0.0613. The number of hydrogen-bond donors (Lipinski definition) is 1. The molecule has 0 unspecified atom stereocenters. The van der Waals surface area contributed by atoms with E-state index < -0.39 is 25.8 Å². The molecule has 1 aliphatic rings. The number of sulfonamides is 1. The van der Waals surface area contributed by atoms with Crippen LogP contribution in [0, 0.1) is 5.92 Å². The number of sulfone groups is 1. The lowest BCUT2D eigenvalue weighted by atomic mass is 9.97. The van der Waals surface area contributed by atoms with Crippen molar-refractivity contribution in [2.45, 2.75) is 22.6 Å². The van der Waals surface area contributed by atoms with Crippen molar-refractivity contribution in [1.82, 2.24) is 14.5 Å². The van der Waals surface area contributed by atoms with Crippen LogP contribution in [-0.2, 0) is 24.7 Å². The summed E-state index contributed by atoms with van der Waals surface area (Å²) in [5.74, 6) is -0.161. The molecule has 13 heteroatoms. The number of nitrogens with zero attached hydrogens (tertiary/aromatic N) is 3. The second-order valence-electron chi connectivity index (χ2n) is 8.06. The number of aromatic nitrogens is 2. The highest BCUT2D eigenvalue weighted by Crippen LogP contribution is 2.27. The Balaban J connectivity index is 1.37. The molecule has 1 N–H and O–H groups in total. The molecule has 2 aromatic carbocycles. The van der Waals surface area contributed by atoms with Crippen LogP contribution in [0.2, 0.25) is 0 Å². The van der Waals surface area contributed by atoms with Gasteiger partial charge in [0, 0.05) is 30.8 Å². The van der Waals surface area contributed by atoms with E-state index in [1.54, 1.807) is 24.3 Å². The molecule has 0 bridgehead atoms. The molecule has 0 spiro atoms. The second kappa shape index (κ2) is 9.76. The van der Waals surface area contributed by atoms with Crippen LogP contribution in [0.1, 0.15) is 12.8 Å². The highest BCUT2D eigenvalue weighted by atomic mass is 32.2. The zero-order chi connectivity index (χ0) is 25.2. The summed E-state index contributed by atoms with van der Waals surface area (Å²) >= 11 is 0. The number of hydrogen-bond acceptors (Lipinski definition) is 9. The molecule has 186 valence electrons. The molecule has 4 rings (SSSR count). The molecule has 1 saturated heterocycles. The molecule has 0 radical (unpaired) electrons. The Kier molecular flexibility index (Phi) is 6.92. The molecule has 1 amide bonds. The summed E-state index contributed by atoms with van der Waals surface area (Å²) in [5.41, 5.74) is 0.401. The lowest BCUT2D eigenvalue weighted by molar-refractivity contribution is -0.121. The number of anilines is 1. The molecule has 2 heterocycles. The first kappa shape index (κ1) is 24.8. The van der Waals surface area contributed by atoms with Crippen molar-refractivity contribution in [2.24, 2.45) is 5.92 Å². The van der Waals surface area contributed by atoms with Crippen LogP contribution >= 0.6 is 0 Å². The fourth-order valence-corrected chi connectivity index (χ4v) is 5.85. The molecule has 11 nitrogen and oxygen atoms in total. The minimum Gasteiger partial charge on any atom is -0.497 e. The van der Waals surface area contributed by atoms with E-state index in [0.717, 1.165) is 6.26 Å². The third-order valence-electron chi connectivity index (χ3n) is 5.69. The standard InChI is InChI=1S/C22H24N4O7S2/c1-32-17-6-8-18(9-7-17)35(30,31)26-12-10-15(11-13-26)20(27)23-22-25-24-21(33-22)16-4-3-5-19(14-16)34(2,28)29/h3-9,14-15H,10-13H2,1-2H3,(H,23,25,27). The van der Waals surface area contributed by atoms with Gasteiger partial charge in [-0.3, -0.25) is 10.1 Å². The Labute approximate surface area is 203 Å². The molecule has 0 atom stereocenters. The average molecular weight is 521 g/mol. The van der Waals surface area contributed by atoms with Gasteiger partial charge >= 0.3 is 6.01 Å². The monoisotopic (exact) mass is 520 g/mol. The summed E-state index contributed by atoms with van der Waals surface area (Å²) in [4.78, 5) is 13.0. The molecule has 35 heavy (non-hydrogen) atoms. The molecule has 1 aromatic heterocycles. The van der Waals surface area contributed by atoms with Crippen LogP contribution in [0.15, 0.2) is 62.7 Å². The zero-order valence-corrected chi connectivity index (χ0v) is 20.7. The fraction of sp³-hybridized carbons (Fsp3) is 0.318. The first-order valence-electron chi connectivity index (χ1n) is 10.7. The normalized spacial score (nSPS) is 15.6. The number of carbonyl (C=O) groups is 1. The highest BCUT2D eigenvalue weighted by Gasteiger charge is 2.32. The summed E-state index contributed by atoms with van der Waals surface area (Å²) in [6, 6.07) is 12.1. The maximum absolute atomic E-state index is 12.9. The SMILES string of the molecule is COc1ccc(S(=O)(=O)N2CCC(C(=O)Nc3nnc(-c4cccc(S(C)(=O)=O)c4)o3)CC2)cc1. The van der Waals surface area contributed by atoms with Gasteiger partial charge in [-0.25, -0.2) is 16.8 Å². The smallest absolute Gasteiger partial charge is 0.322 e. The van der Waals surface area contributed by atoms with Gasteiger partial charge in [0.15, 0.2) is 9.84 Å². The molecular weight excluding hydrogens is 496 g/mol. The highest BCUT2D eigenvalue weighted by molar-refractivity contribution is 7.90. The maximum atomic E-state index is 12.9. The van der Waals surface area contributed by atoms with Gasteiger partial charge in [0.2, 0.25) is 21.8 Å². The molecule has 3 aromatic rings. The Hall–Kier alpha value is -3.29. The van der Waals surface area contributed by atoms with Crippen LogP contribution in [0.5, 0.6) is 5.75 Å². The van der Waals surface area contributed by atoms with Gasteiger partial charge in [-0.15, -0.1) is 5.10 Å². The number of benzene rings is 2. The Bertz CT molecular complexity index is 1430. The van der Waals surface area contributed by atoms with Crippen LogP contribution in [0.25, 0.3) is 11.5 Å². The lowest BCUT2D eigenvalue weighted by Crippen LogP contribution is -2.41. The quantitative estimate of drug-likeness (QED) is 0.495. The van der Waals surface area contributed by atoms with E-state index in [9.17, 15) is 21.6 Å². The van der Waals surface area contributed by atoms with Crippen molar-refractivity contribution >= 4 is 31.8 Å². The summed E-state index contributed by atoms with van der Waals surface area (Å²) in [6.07, 6.45) is 1.76. The van der Waals surface area contributed by atoms with Gasteiger partial charge in [-0.1, -0.05) is 11.2 Å². The van der Waals surface area contributed by atoms with Gasteiger partial charge in [0.25, 0.3) is 0 Å². The fourth-order valence-electron chi connectivity index (χ4n) is 3.71. The topological polar surface area (TPSA) is 149 Å². The van der Waals surface area contributed by atoms with Crippen molar-refractivity contribution in [1.29, 1.82) is 0 Å². The van der Waals surface area contributed by atoms with E-state index >= 15 is 0 Å². The average Bonchev–Trinajstić information content (AvgIpc) is 3.32. The number of nitrogens with one attached hydrogen (secondary N) is 1. The summed E-state index contributed by atoms with van der Waals surface area (Å²) in [5, 5.41) is 10.3. The number of carbonyl (C=O) groups excluding carboxylic acids is 1.